The Labute approximate surface area is 230 Å². The zero-order valence-electron chi connectivity index (χ0n) is 22.2. The Morgan fingerprint density at radius 1 is 1.03 bits per heavy atom. The van der Waals surface area contributed by atoms with Crippen LogP contribution >= 0.6 is 0 Å². The standard InChI is InChI=1S/C31H36N4O3S/c32-39(38)19-26(23-9-3-1-4-10-23)27(20-39)30(37)34-16-13-25(31(21-34)14-7-8-15-31)18-35-22-33-28(17-29(35)36)24-11-5-2-6-12-24/h1-6,9-12,17,22,25-27,32H,7-8,13-16,18-21H2/t25?,26-,27+,39?/m1/s1. The Bertz CT molecular complexity index is 1500. The summed E-state index contributed by atoms with van der Waals surface area (Å²) in [5.41, 5.74) is 2.55. The number of hydrogen-bond acceptors (Lipinski definition) is 5. The molecule has 2 saturated heterocycles. The van der Waals surface area contributed by atoms with Crippen LogP contribution in [0.3, 0.4) is 0 Å². The molecule has 1 N–H and O–H groups in total. The van der Waals surface area contributed by atoms with Crippen molar-refractivity contribution in [2.45, 2.75) is 44.6 Å². The van der Waals surface area contributed by atoms with Crippen molar-refractivity contribution >= 4 is 15.6 Å². The molecule has 3 heterocycles. The molecule has 1 spiro atoms. The number of aromatic nitrogens is 2. The molecule has 8 heteroatoms. The Balaban J connectivity index is 1.21. The highest BCUT2D eigenvalue weighted by molar-refractivity contribution is 7.92. The normalized spacial score (nSPS) is 28.1. The molecule has 1 saturated carbocycles. The van der Waals surface area contributed by atoms with E-state index in [0.29, 0.717) is 31.2 Å². The molecule has 3 aliphatic rings. The lowest BCUT2D eigenvalue weighted by atomic mass is 9.69. The topological polar surface area (TPSA) is 96.1 Å². The van der Waals surface area contributed by atoms with Gasteiger partial charge in [0.15, 0.2) is 0 Å². The van der Waals surface area contributed by atoms with E-state index in [9.17, 15) is 13.8 Å². The Kier molecular flexibility index (Phi) is 6.91. The smallest absolute Gasteiger partial charge is 0.253 e. The van der Waals surface area contributed by atoms with Gasteiger partial charge in [0.05, 0.1) is 17.9 Å². The molecule has 1 aromatic heterocycles. The molecule has 6 rings (SSSR count). The third-order valence-corrected chi connectivity index (χ3v) is 11.1. The average molecular weight is 545 g/mol. The highest BCUT2D eigenvalue weighted by atomic mass is 32.2. The molecule has 1 amide bonds. The predicted molar refractivity (Wildman–Crippen MR) is 153 cm³/mol. The summed E-state index contributed by atoms with van der Waals surface area (Å²) in [5.74, 6) is 0.160. The fourth-order valence-corrected chi connectivity index (χ4v) is 9.37. The van der Waals surface area contributed by atoms with Crippen LogP contribution < -0.4 is 5.56 Å². The van der Waals surface area contributed by atoms with Gasteiger partial charge in [-0.05, 0) is 36.2 Å². The zero-order valence-corrected chi connectivity index (χ0v) is 23.0. The molecule has 0 radical (unpaired) electrons. The number of rotatable bonds is 5. The number of hydrogen-bond donors (Lipinski definition) is 1. The van der Waals surface area contributed by atoms with Crippen molar-refractivity contribution in [3.8, 4) is 11.3 Å². The van der Waals surface area contributed by atoms with Crippen molar-refractivity contribution in [2.75, 3.05) is 24.6 Å². The molecular weight excluding hydrogens is 508 g/mol. The number of piperidine rings is 1. The van der Waals surface area contributed by atoms with Gasteiger partial charge in [0.1, 0.15) is 0 Å². The van der Waals surface area contributed by atoms with Gasteiger partial charge in [0.2, 0.25) is 5.91 Å². The van der Waals surface area contributed by atoms with Crippen LogP contribution in [0.2, 0.25) is 0 Å². The van der Waals surface area contributed by atoms with E-state index in [1.165, 1.54) is 0 Å². The van der Waals surface area contributed by atoms with Crippen molar-refractivity contribution in [2.24, 2.45) is 17.3 Å². The number of carbonyl (C=O) groups excluding carboxylic acids is 1. The lowest BCUT2D eigenvalue weighted by Crippen LogP contribution is -2.53. The maximum atomic E-state index is 14.0. The average Bonchev–Trinajstić information content (AvgIpc) is 3.55. The zero-order chi connectivity index (χ0) is 27.0. The highest BCUT2D eigenvalue weighted by Crippen LogP contribution is 2.50. The first-order valence-corrected chi connectivity index (χ1v) is 15.9. The van der Waals surface area contributed by atoms with E-state index in [2.05, 4.69) is 4.98 Å². The summed E-state index contributed by atoms with van der Waals surface area (Å²) >= 11 is 0. The van der Waals surface area contributed by atoms with Crippen LogP contribution in [0.1, 0.15) is 43.6 Å². The number of likely N-dealkylation sites (tertiary alicyclic amines) is 1. The molecule has 7 nitrogen and oxygen atoms in total. The van der Waals surface area contributed by atoms with Crippen LogP contribution in [0.5, 0.6) is 0 Å². The fourth-order valence-electron chi connectivity index (χ4n) is 7.28. The fraction of sp³-hybridized carbons (Fsp3) is 0.452. The number of amides is 1. The first-order chi connectivity index (χ1) is 18.8. The molecule has 3 aromatic rings. The minimum atomic E-state index is -2.78. The highest BCUT2D eigenvalue weighted by Gasteiger charge is 2.49. The summed E-state index contributed by atoms with van der Waals surface area (Å²) in [7, 11) is -2.78. The van der Waals surface area contributed by atoms with E-state index < -0.39 is 15.6 Å². The molecule has 39 heavy (non-hydrogen) atoms. The van der Waals surface area contributed by atoms with Gasteiger partial charge in [-0.3, -0.25) is 18.9 Å². The summed E-state index contributed by atoms with van der Waals surface area (Å²) in [6.07, 6.45) is 6.88. The second-order valence-corrected chi connectivity index (χ2v) is 14.0. The van der Waals surface area contributed by atoms with Gasteiger partial charge in [-0.1, -0.05) is 73.5 Å². The SMILES string of the molecule is N=S1(=O)C[C@H](C(=O)N2CCC(Cn3cnc(-c4ccccc4)cc3=O)C3(CCCC3)C2)[C@@H](c2ccccc2)C1. The van der Waals surface area contributed by atoms with Gasteiger partial charge < -0.3 is 4.90 Å². The van der Waals surface area contributed by atoms with Crippen molar-refractivity contribution < 1.29 is 9.00 Å². The third kappa shape index (κ3) is 5.19. The number of carbonyl (C=O) groups is 1. The van der Waals surface area contributed by atoms with Crippen molar-refractivity contribution in [1.82, 2.24) is 14.5 Å². The van der Waals surface area contributed by atoms with Crippen LogP contribution in [-0.4, -0.2) is 49.2 Å². The van der Waals surface area contributed by atoms with Crippen LogP contribution in [0.25, 0.3) is 11.3 Å². The number of nitrogens with zero attached hydrogens (tertiary/aromatic N) is 3. The number of nitrogens with one attached hydrogen (secondary N) is 1. The second-order valence-electron chi connectivity index (χ2n) is 11.7. The van der Waals surface area contributed by atoms with Gasteiger partial charge in [0, 0.05) is 58.4 Å². The molecule has 1 aliphatic carbocycles. The summed E-state index contributed by atoms with van der Waals surface area (Å²) < 4.78 is 22.9. The molecule has 2 unspecified atom stereocenters. The summed E-state index contributed by atoms with van der Waals surface area (Å²) in [5, 5.41) is 0. The van der Waals surface area contributed by atoms with Crippen LogP contribution in [0, 0.1) is 22.0 Å². The van der Waals surface area contributed by atoms with E-state index in [4.69, 9.17) is 4.78 Å². The van der Waals surface area contributed by atoms with E-state index in [-0.39, 0.29) is 34.3 Å². The minimum Gasteiger partial charge on any atom is -0.342 e. The molecule has 3 fully saturated rings. The molecule has 2 aliphatic heterocycles. The first-order valence-electron chi connectivity index (χ1n) is 14.0. The van der Waals surface area contributed by atoms with Crippen molar-refractivity contribution in [3.63, 3.8) is 0 Å². The van der Waals surface area contributed by atoms with E-state index in [0.717, 1.165) is 43.2 Å². The monoisotopic (exact) mass is 544 g/mol. The lowest BCUT2D eigenvalue weighted by Gasteiger charge is -2.47. The molecule has 4 atom stereocenters. The van der Waals surface area contributed by atoms with Gasteiger partial charge >= 0.3 is 0 Å². The molecular formula is C31H36N4O3S. The quantitative estimate of drug-likeness (QED) is 0.500. The summed E-state index contributed by atoms with van der Waals surface area (Å²) in [6, 6.07) is 21.2. The molecule has 2 aromatic carbocycles. The Hall–Kier alpha value is -3.26. The summed E-state index contributed by atoms with van der Waals surface area (Å²) in [4.78, 5) is 33.6. The van der Waals surface area contributed by atoms with Crippen LogP contribution in [-0.2, 0) is 21.1 Å². The van der Waals surface area contributed by atoms with Crippen molar-refractivity contribution in [1.29, 1.82) is 4.78 Å². The largest absolute Gasteiger partial charge is 0.342 e. The minimum absolute atomic E-state index is 0.0192. The second kappa shape index (κ2) is 10.4. The number of benzene rings is 2. The van der Waals surface area contributed by atoms with Gasteiger partial charge in [-0.25, -0.2) is 9.19 Å². The van der Waals surface area contributed by atoms with Crippen LogP contribution in [0.4, 0.5) is 0 Å². The van der Waals surface area contributed by atoms with Gasteiger partial charge in [-0.2, -0.15) is 0 Å². The Morgan fingerprint density at radius 2 is 1.72 bits per heavy atom. The predicted octanol–water partition coefficient (Wildman–Crippen LogP) is 4.78. The lowest BCUT2D eigenvalue weighted by molar-refractivity contribution is -0.140. The van der Waals surface area contributed by atoms with Crippen LogP contribution in [0.15, 0.2) is 77.9 Å². The molecule has 0 bridgehead atoms. The summed E-state index contributed by atoms with van der Waals surface area (Å²) in [6.45, 7) is 1.92. The van der Waals surface area contributed by atoms with Gasteiger partial charge in [-0.15, -0.1) is 0 Å². The maximum absolute atomic E-state index is 14.0. The maximum Gasteiger partial charge on any atom is 0.253 e. The van der Waals surface area contributed by atoms with E-state index in [1.54, 1.807) is 17.0 Å². The first kappa shape index (κ1) is 26.0. The third-order valence-electron chi connectivity index (χ3n) is 9.32. The Morgan fingerprint density at radius 3 is 2.41 bits per heavy atom. The van der Waals surface area contributed by atoms with E-state index in [1.807, 2.05) is 65.6 Å². The van der Waals surface area contributed by atoms with Crippen molar-refractivity contribution in [3.05, 3.63) is 89.0 Å². The molecule has 204 valence electrons. The van der Waals surface area contributed by atoms with Gasteiger partial charge in [0.25, 0.3) is 5.56 Å². The van der Waals surface area contributed by atoms with E-state index >= 15 is 0 Å².